The highest BCUT2D eigenvalue weighted by Crippen LogP contribution is 2.20. The largest absolute Gasteiger partial charge is 0.460 e. The van der Waals surface area contributed by atoms with Crippen LogP contribution in [0.2, 0.25) is 0 Å². The van der Waals surface area contributed by atoms with Gasteiger partial charge in [0.15, 0.2) is 18.3 Å². The van der Waals surface area contributed by atoms with Crippen LogP contribution in [0.3, 0.4) is 0 Å². The minimum absolute atomic E-state index is 0.00774. The number of aliphatic imine (C=N–C) groups is 1. The molecule has 1 aliphatic heterocycles. The lowest BCUT2D eigenvalue weighted by molar-refractivity contribution is -0.159. The Bertz CT molecular complexity index is 899. The molecule has 0 spiro atoms. The summed E-state index contributed by atoms with van der Waals surface area (Å²) in [7, 11) is 3.67. The summed E-state index contributed by atoms with van der Waals surface area (Å²) >= 11 is 0. The monoisotopic (exact) mass is 532 g/mol. The van der Waals surface area contributed by atoms with E-state index in [1.165, 1.54) is 62.4 Å². The van der Waals surface area contributed by atoms with Gasteiger partial charge in [-0.2, -0.15) is 4.98 Å². The summed E-state index contributed by atoms with van der Waals surface area (Å²) < 4.78 is 17.9. The van der Waals surface area contributed by atoms with Crippen molar-refractivity contribution in [2.45, 2.75) is 109 Å². The van der Waals surface area contributed by atoms with Gasteiger partial charge in [-0.25, -0.2) is 9.79 Å². The van der Waals surface area contributed by atoms with E-state index in [2.05, 4.69) is 29.1 Å². The van der Waals surface area contributed by atoms with E-state index in [1.54, 1.807) is 23.5 Å². The Labute approximate surface area is 228 Å². The third-order valence-electron chi connectivity index (χ3n) is 6.30. The molecule has 214 valence electrons. The van der Waals surface area contributed by atoms with Crippen molar-refractivity contribution in [3.63, 3.8) is 0 Å². The van der Waals surface area contributed by atoms with Crippen molar-refractivity contribution in [3.05, 3.63) is 34.9 Å². The molecule has 1 fully saturated rings. The molecule has 2 rings (SSSR count). The molecule has 9 heteroatoms. The van der Waals surface area contributed by atoms with Crippen LogP contribution in [-0.4, -0.2) is 60.4 Å². The first kappa shape index (κ1) is 31.7. The third-order valence-corrected chi connectivity index (χ3v) is 6.30. The van der Waals surface area contributed by atoms with E-state index in [0.29, 0.717) is 12.2 Å². The minimum Gasteiger partial charge on any atom is -0.460 e. The summed E-state index contributed by atoms with van der Waals surface area (Å²) in [5.41, 5.74) is -0.478. The average Bonchev–Trinajstić information content (AvgIpc) is 3.37. The number of rotatable bonds is 20. The van der Waals surface area contributed by atoms with Crippen LogP contribution in [0.25, 0.3) is 0 Å². The van der Waals surface area contributed by atoms with Gasteiger partial charge in [-0.05, 0) is 38.2 Å². The second-order valence-electron chi connectivity index (χ2n) is 10.1. The first-order chi connectivity index (χ1) is 18.5. The number of nitrogens with zero attached hydrogens (tertiary/aromatic N) is 4. The predicted octanol–water partition coefficient (Wildman–Crippen LogP) is 5.92. The number of allylic oxidation sites excluding steroid dienone is 2. The molecule has 38 heavy (non-hydrogen) atoms. The highest BCUT2D eigenvalue weighted by Gasteiger charge is 2.29. The van der Waals surface area contributed by atoms with Crippen LogP contribution in [0.15, 0.2) is 34.2 Å². The Kier molecular flexibility index (Phi) is 16.3. The molecule has 0 amide bonds. The van der Waals surface area contributed by atoms with Crippen LogP contribution >= 0.6 is 0 Å². The Balaban J connectivity index is 1.48. The smallest absolute Gasteiger partial charge is 0.351 e. The molecule has 0 aromatic carbocycles. The molecule has 0 saturated carbocycles. The zero-order chi connectivity index (χ0) is 27.4. The molecule has 1 aromatic heterocycles. The van der Waals surface area contributed by atoms with Crippen LogP contribution in [-0.2, 0) is 19.0 Å². The van der Waals surface area contributed by atoms with Gasteiger partial charge in [0.1, 0.15) is 6.61 Å². The quantitative estimate of drug-likeness (QED) is 0.0676. The number of carbonyl (C=O) groups excluding carboxylic acids is 1. The first-order valence-corrected chi connectivity index (χ1v) is 14.4. The first-order valence-electron chi connectivity index (χ1n) is 14.4. The van der Waals surface area contributed by atoms with Crippen molar-refractivity contribution in [3.8, 4) is 0 Å². The number of hydrogen-bond donors (Lipinski definition) is 0. The number of aromatic nitrogens is 2. The SMILES string of the molecule is CCCCCCCCC=CCCCCCCCC(=O)OC[C@H]1OC[C@@H](n2ccc(N=CN(C)C)nc2=O)O1. The van der Waals surface area contributed by atoms with E-state index in [0.717, 1.165) is 25.7 Å². The second-order valence-corrected chi connectivity index (χ2v) is 10.1. The molecular formula is C29H48N4O5. The fourth-order valence-electron chi connectivity index (χ4n) is 4.12. The van der Waals surface area contributed by atoms with Crippen molar-refractivity contribution < 1.29 is 19.0 Å². The second kappa shape index (κ2) is 19.5. The van der Waals surface area contributed by atoms with Gasteiger partial charge in [-0.3, -0.25) is 9.36 Å². The molecule has 0 bridgehead atoms. The summed E-state index contributed by atoms with van der Waals surface area (Å²) in [5, 5.41) is 0. The van der Waals surface area contributed by atoms with Crippen LogP contribution in [0.4, 0.5) is 5.82 Å². The topological polar surface area (TPSA) is 95.3 Å². The van der Waals surface area contributed by atoms with E-state index < -0.39 is 18.2 Å². The number of ether oxygens (including phenoxy) is 3. The van der Waals surface area contributed by atoms with Crippen molar-refractivity contribution >= 4 is 18.1 Å². The average molecular weight is 533 g/mol. The van der Waals surface area contributed by atoms with Gasteiger partial charge in [0.25, 0.3) is 0 Å². The van der Waals surface area contributed by atoms with E-state index in [-0.39, 0.29) is 19.2 Å². The van der Waals surface area contributed by atoms with Crippen molar-refractivity contribution in [1.29, 1.82) is 0 Å². The van der Waals surface area contributed by atoms with Gasteiger partial charge in [0.05, 0.1) is 12.9 Å². The summed E-state index contributed by atoms with van der Waals surface area (Å²) in [6, 6.07) is 1.63. The maximum absolute atomic E-state index is 12.3. The number of hydrogen-bond acceptors (Lipinski definition) is 7. The summed E-state index contributed by atoms with van der Waals surface area (Å²) in [6.45, 7) is 2.44. The van der Waals surface area contributed by atoms with Gasteiger partial charge < -0.3 is 19.1 Å². The summed E-state index contributed by atoms with van der Waals surface area (Å²) in [5.74, 6) is 0.0696. The molecule has 2 heterocycles. The normalized spacial score (nSPS) is 17.6. The van der Waals surface area contributed by atoms with Crippen LogP contribution in [0, 0.1) is 0 Å². The summed E-state index contributed by atoms with van der Waals surface area (Å²) in [6.07, 6.45) is 22.8. The predicted molar refractivity (Wildman–Crippen MR) is 151 cm³/mol. The zero-order valence-electron chi connectivity index (χ0n) is 23.7. The highest BCUT2D eigenvalue weighted by molar-refractivity contribution is 5.69. The fourth-order valence-corrected chi connectivity index (χ4v) is 4.12. The van der Waals surface area contributed by atoms with Crippen LogP contribution in [0.1, 0.15) is 103 Å². The molecule has 9 nitrogen and oxygen atoms in total. The molecular weight excluding hydrogens is 484 g/mol. The van der Waals surface area contributed by atoms with Crippen LogP contribution < -0.4 is 5.69 Å². The Morgan fingerprint density at radius 3 is 2.39 bits per heavy atom. The number of esters is 1. The van der Waals surface area contributed by atoms with Crippen molar-refractivity contribution in [1.82, 2.24) is 14.5 Å². The number of carbonyl (C=O) groups is 1. The molecule has 1 saturated heterocycles. The van der Waals surface area contributed by atoms with Gasteiger partial charge in [-0.1, -0.05) is 70.4 Å². The molecule has 2 atom stereocenters. The highest BCUT2D eigenvalue weighted by atomic mass is 16.7. The minimum atomic E-state index is -0.698. The van der Waals surface area contributed by atoms with Gasteiger partial charge in [0, 0.05) is 26.7 Å². The Morgan fingerprint density at radius 1 is 1.08 bits per heavy atom. The van der Waals surface area contributed by atoms with Crippen LogP contribution in [0.5, 0.6) is 0 Å². The lowest BCUT2D eigenvalue weighted by atomic mass is 10.1. The fraction of sp³-hybridized carbons (Fsp3) is 0.724. The van der Waals surface area contributed by atoms with Gasteiger partial charge >= 0.3 is 11.7 Å². The van der Waals surface area contributed by atoms with E-state index in [1.807, 2.05) is 14.1 Å². The zero-order valence-corrected chi connectivity index (χ0v) is 23.7. The van der Waals surface area contributed by atoms with E-state index in [9.17, 15) is 9.59 Å². The molecule has 1 aromatic rings. The lowest BCUT2D eigenvalue weighted by Gasteiger charge is -2.13. The Hall–Kier alpha value is -2.52. The molecule has 0 radical (unpaired) electrons. The Morgan fingerprint density at radius 2 is 1.74 bits per heavy atom. The van der Waals surface area contributed by atoms with E-state index >= 15 is 0 Å². The maximum Gasteiger partial charge on any atom is 0.351 e. The van der Waals surface area contributed by atoms with Gasteiger partial charge in [0.2, 0.25) is 0 Å². The molecule has 0 unspecified atom stereocenters. The maximum atomic E-state index is 12.3. The van der Waals surface area contributed by atoms with E-state index in [4.69, 9.17) is 14.2 Å². The number of unbranched alkanes of at least 4 members (excludes halogenated alkanes) is 11. The summed E-state index contributed by atoms with van der Waals surface area (Å²) in [4.78, 5) is 34.2. The molecule has 1 aliphatic rings. The molecule has 0 aliphatic carbocycles. The lowest BCUT2D eigenvalue weighted by Crippen LogP contribution is -2.28. The van der Waals surface area contributed by atoms with Crippen molar-refractivity contribution in [2.24, 2.45) is 4.99 Å². The standard InChI is InChI=1S/C29H48N4O5/c1-4-5-6-7-8-9-10-11-12-13-14-15-16-17-18-19-27(34)36-23-28-37-22-26(38-28)33-21-20-25(31-29(33)35)30-24-32(2)3/h11-12,20-21,24,26,28H,4-10,13-19,22-23H2,1-3H3/t26-,28-/m0/s1. The third kappa shape index (κ3) is 13.9. The molecule has 0 N–H and O–H groups in total. The van der Waals surface area contributed by atoms with Crippen molar-refractivity contribution in [2.75, 3.05) is 27.3 Å². The van der Waals surface area contributed by atoms with Gasteiger partial charge in [-0.15, -0.1) is 0 Å².